The number of nitrogens with zero attached hydrogens (tertiary/aromatic N) is 4. The minimum Gasteiger partial charge on any atom is -0.337 e. The van der Waals surface area contributed by atoms with E-state index in [1.165, 1.54) is 24.3 Å². The van der Waals surface area contributed by atoms with E-state index in [1.54, 1.807) is 4.90 Å². The molecule has 1 aliphatic carbocycles. The van der Waals surface area contributed by atoms with E-state index in [0.717, 1.165) is 37.7 Å². The van der Waals surface area contributed by atoms with Crippen LogP contribution in [0.2, 0.25) is 0 Å². The molecule has 8 nitrogen and oxygen atoms in total. The highest BCUT2D eigenvalue weighted by Gasteiger charge is 2.28. The van der Waals surface area contributed by atoms with Gasteiger partial charge in [0, 0.05) is 29.3 Å². The average molecular weight is 406 g/mol. The van der Waals surface area contributed by atoms with E-state index in [-0.39, 0.29) is 24.2 Å². The lowest BCUT2D eigenvalue weighted by Gasteiger charge is -2.33. The van der Waals surface area contributed by atoms with Crippen LogP contribution >= 0.6 is 0 Å². The van der Waals surface area contributed by atoms with Crippen LogP contribution in [0.5, 0.6) is 0 Å². The smallest absolute Gasteiger partial charge is 0.269 e. The van der Waals surface area contributed by atoms with E-state index in [2.05, 4.69) is 10.1 Å². The van der Waals surface area contributed by atoms with Crippen molar-refractivity contribution < 1.29 is 14.2 Å². The van der Waals surface area contributed by atoms with Crippen LogP contribution in [0.15, 0.2) is 59.1 Å². The van der Waals surface area contributed by atoms with Crippen molar-refractivity contribution >= 4 is 11.6 Å². The van der Waals surface area contributed by atoms with Crippen LogP contribution < -0.4 is 0 Å². The van der Waals surface area contributed by atoms with E-state index in [9.17, 15) is 14.9 Å². The Balaban J connectivity index is 1.58. The summed E-state index contributed by atoms with van der Waals surface area (Å²) in [5.41, 5.74) is 1.22. The van der Waals surface area contributed by atoms with Crippen molar-refractivity contribution in [3.63, 3.8) is 0 Å². The summed E-state index contributed by atoms with van der Waals surface area (Å²) < 4.78 is 5.43. The number of benzene rings is 2. The molecule has 0 spiro atoms. The van der Waals surface area contributed by atoms with E-state index in [4.69, 9.17) is 4.52 Å². The number of hydrogen-bond acceptors (Lipinski definition) is 6. The van der Waals surface area contributed by atoms with Crippen molar-refractivity contribution in [1.29, 1.82) is 0 Å². The van der Waals surface area contributed by atoms with Crippen LogP contribution in [0.25, 0.3) is 11.4 Å². The number of hydrogen-bond donors (Lipinski definition) is 0. The lowest BCUT2D eigenvalue weighted by molar-refractivity contribution is -0.384. The van der Waals surface area contributed by atoms with E-state index in [0.29, 0.717) is 17.3 Å². The van der Waals surface area contributed by atoms with Crippen LogP contribution in [0.4, 0.5) is 5.69 Å². The SMILES string of the molecule is O=C(c1ccc([N+](=O)[O-])cc1)N(Cc1nc(-c2ccccc2)no1)C1CCCCC1. The molecule has 8 heteroatoms. The quantitative estimate of drug-likeness (QED) is 0.437. The molecule has 154 valence electrons. The van der Waals surface area contributed by atoms with Gasteiger partial charge in [0.1, 0.15) is 6.54 Å². The molecule has 30 heavy (non-hydrogen) atoms. The van der Waals surface area contributed by atoms with Gasteiger partial charge in [0.15, 0.2) is 0 Å². The van der Waals surface area contributed by atoms with Crippen LogP contribution in [0.1, 0.15) is 48.4 Å². The maximum absolute atomic E-state index is 13.3. The third-order valence-corrected chi connectivity index (χ3v) is 5.41. The minimum atomic E-state index is -0.475. The van der Waals surface area contributed by atoms with Gasteiger partial charge in [-0.05, 0) is 25.0 Å². The fraction of sp³-hybridized carbons (Fsp3) is 0.318. The van der Waals surface area contributed by atoms with Crippen molar-refractivity contribution in [1.82, 2.24) is 15.0 Å². The Kier molecular flexibility index (Phi) is 5.83. The number of nitro groups is 1. The fourth-order valence-electron chi connectivity index (χ4n) is 3.82. The van der Waals surface area contributed by atoms with Gasteiger partial charge in [0.25, 0.3) is 11.6 Å². The van der Waals surface area contributed by atoms with Gasteiger partial charge in [-0.15, -0.1) is 0 Å². The Morgan fingerprint density at radius 3 is 2.43 bits per heavy atom. The maximum Gasteiger partial charge on any atom is 0.269 e. The second-order valence-corrected chi connectivity index (χ2v) is 7.41. The molecule has 0 unspecified atom stereocenters. The second kappa shape index (κ2) is 8.86. The van der Waals surface area contributed by atoms with Crippen molar-refractivity contribution in [2.45, 2.75) is 44.7 Å². The van der Waals surface area contributed by atoms with Crippen LogP contribution in [-0.4, -0.2) is 31.9 Å². The highest BCUT2D eigenvalue weighted by atomic mass is 16.6. The summed E-state index contributed by atoms with van der Waals surface area (Å²) in [6, 6.07) is 15.3. The molecule has 0 N–H and O–H groups in total. The molecule has 1 heterocycles. The van der Waals surface area contributed by atoms with Crippen LogP contribution in [0, 0.1) is 10.1 Å². The molecule has 0 bridgehead atoms. The lowest BCUT2D eigenvalue weighted by Crippen LogP contribution is -2.41. The Bertz CT molecular complexity index is 1010. The summed E-state index contributed by atoms with van der Waals surface area (Å²) in [4.78, 5) is 29.9. The van der Waals surface area contributed by atoms with Gasteiger partial charge in [-0.25, -0.2) is 0 Å². The van der Waals surface area contributed by atoms with Gasteiger partial charge < -0.3 is 9.42 Å². The molecule has 0 atom stereocenters. The predicted molar refractivity (Wildman–Crippen MR) is 110 cm³/mol. The zero-order chi connectivity index (χ0) is 20.9. The van der Waals surface area contributed by atoms with E-state index in [1.807, 2.05) is 30.3 Å². The van der Waals surface area contributed by atoms with Crippen molar-refractivity contribution in [2.75, 3.05) is 0 Å². The molecule has 1 saturated carbocycles. The minimum absolute atomic E-state index is 0.0415. The number of carbonyl (C=O) groups is 1. The summed E-state index contributed by atoms with van der Waals surface area (Å²) in [6.45, 7) is 0.209. The first-order chi connectivity index (χ1) is 14.6. The molecule has 4 rings (SSSR count). The second-order valence-electron chi connectivity index (χ2n) is 7.41. The molecule has 0 radical (unpaired) electrons. The molecule has 0 aliphatic heterocycles. The Labute approximate surface area is 173 Å². The number of carbonyl (C=O) groups excluding carboxylic acids is 1. The molecule has 3 aromatic rings. The van der Waals surface area contributed by atoms with Crippen molar-refractivity contribution in [3.8, 4) is 11.4 Å². The van der Waals surface area contributed by atoms with E-state index < -0.39 is 4.92 Å². The fourth-order valence-corrected chi connectivity index (χ4v) is 3.82. The molecular formula is C22H22N4O4. The van der Waals surface area contributed by atoms with Gasteiger partial charge >= 0.3 is 0 Å². The Hall–Kier alpha value is -3.55. The largest absolute Gasteiger partial charge is 0.337 e. The summed E-state index contributed by atoms with van der Waals surface area (Å²) >= 11 is 0. The first kappa shape index (κ1) is 19.8. The zero-order valence-electron chi connectivity index (χ0n) is 16.4. The summed E-state index contributed by atoms with van der Waals surface area (Å²) in [7, 11) is 0. The van der Waals surface area contributed by atoms with E-state index >= 15 is 0 Å². The number of aromatic nitrogens is 2. The van der Waals surface area contributed by atoms with Gasteiger partial charge in [0.2, 0.25) is 11.7 Å². The van der Waals surface area contributed by atoms with Gasteiger partial charge in [-0.2, -0.15) is 4.98 Å². The third-order valence-electron chi connectivity index (χ3n) is 5.41. The third kappa shape index (κ3) is 4.37. The topological polar surface area (TPSA) is 102 Å². The molecule has 1 aliphatic rings. The highest BCUT2D eigenvalue weighted by Crippen LogP contribution is 2.26. The average Bonchev–Trinajstić information content (AvgIpc) is 3.27. The molecule has 2 aromatic carbocycles. The van der Waals surface area contributed by atoms with Crippen LogP contribution in [-0.2, 0) is 6.54 Å². The molecule has 1 fully saturated rings. The van der Waals surface area contributed by atoms with Gasteiger partial charge in [-0.1, -0.05) is 54.8 Å². The van der Waals surface area contributed by atoms with Crippen molar-refractivity contribution in [3.05, 3.63) is 76.2 Å². The molecule has 1 amide bonds. The molecular weight excluding hydrogens is 384 g/mol. The monoisotopic (exact) mass is 406 g/mol. The Morgan fingerprint density at radius 2 is 1.77 bits per heavy atom. The Morgan fingerprint density at radius 1 is 1.07 bits per heavy atom. The number of amides is 1. The predicted octanol–water partition coefficient (Wildman–Crippen LogP) is 4.62. The first-order valence-corrected chi connectivity index (χ1v) is 10.1. The first-order valence-electron chi connectivity index (χ1n) is 10.1. The van der Waals surface area contributed by atoms with Crippen LogP contribution in [0.3, 0.4) is 0 Å². The highest BCUT2D eigenvalue weighted by molar-refractivity contribution is 5.94. The number of non-ortho nitro benzene ring substituents is 1. The molecule has 1 aromatic heterocycles. The van der Waals surface area contributed by atoms with Gasteiger partial charge in [0.05, 0.1) is 4.92 Å². The summed E-state index contributed by atoms with van der Waals surface area (Å²) in [5.74, 6) is 0.669. The number of rotatable bonds is 6. The lowest BCUT2D eigenvalue weighted by atomic mass is 9.93. The van der Waals surface area contributed by atoms with Gasteiger partial charge in [-0.3, -0.25) is 14.9 Å². The molecule has 0 saturated heterocycles. The number of nitro benzene ring substituents is 1. The normalized spacial score (nSPS) is 14.4. The standard InChI is InChI=1S/C22H22N4O4/c27-22(17-11-13-19(14-12-17)26(28)29)25(18-9-5-2-6-10-18)15-20-23-21(24-30-20)16-7-3-1-4-8-16/h1,3-4,7-8,11-14,18H,2,5-6,9-10,15H2. The van der Waals surface area contributed by atoms with Crippen molar-refractivity contribution in [2.24, 2.45) is 0 Å². The summed E-state index contributed by atoms with van der Waals surface area (Å²) in [5, 5.41) is 15.0. The maximum atomic E-state index is 13.3. The zero-order valence-corrected chi connectivity index (χ0v) is 16.4. The summed E-state index contributed by atoms with van der Waals surface area (Å²) in [6.07, 6.45) is 5.12.